The number of aryl methyl sites for hydroxylation is 2. The third-order valence-corrected chi connectivity index (χ3v) is 5.41. The van der Waals surface area contributed by atoms with E-state index in [1.807, 2.05) is 51.1 Å². The monoisotopic (exact) mass is 391 g/mol. The molecule has 0 radical (unpaired) electrons. The predicted molar refractivity (Wildman–Crippen MR) is 108 cm³/mol. The second-order valence-electron chi connectivity index (χ2n) is 7.83. The second-order valence-corrected chi connectivity index (χ2v) is 7.83. The molecule has 1 aliphatic heterocycles. The fourth-order valence-electron chi connectivity index (χ4n) is 3.82. The van der Waals surface area contributed by atoms with Gasteiger partial charge in [-0.2, -0.15) is 0 Å². The topological polar surface area (TPSA) is 85.0 Å². The van der Waals surface area contributed by atoms with Crippen molar-refractivity contribution >= 4 is 5.91 Å². The molecule has 29 heavy (non-hydrogen) atoms. The number of pyridine rings is 1. The first-order chi connectivity index (χ1) is 14.0. The largest absolute Gasteiger partial charge is 0.351 e. The van der Waals surface area contributed by atoms with E-state index in [1.165, 1.54) is 0 Å². The molecule has 0 spiro atoms. The minimum absolute atomic E-state index is 0.126. The van der Waals surface area contributed by atoms with Gasteiger partial charge in [0.15, 0.2) is 0 Å². The summed E-state index contributed by atoms with van der Waals surface area (Å²) in [6, 6.07) is 3.60. The van der Waals surface area contributed by atoms with Crippen molar-refractivity contribution in [1.82, 2.24) is 25.0 Å². The molecule has 4 heterocycles. The van der Waals surface area contributed by atoms with E-state index in [2.05, 4.69) is 15.1 Å². The molecule has 1 fully saturated rings. The predicted octanol–water partition coefficient (Wildman–Crippen LogP) is 4.24. The highest BCUT2D eigenvalue weighted by molar-refractivity contribution is 5.92. The molecule has 1 unspecified atom stereocenters. The lowest BCUT2D eigenvalue weighted by Crippen LogP contribution is -2.31. The van der Waals surface area contributed by atoms with Gasteiger partial charge in [0.05, 0.1) is 17.4 Å². The molecule has 3 aromatic heterocycles. The van der Waals surface area contributed by atoms with Gasteiger partial charge < -0.3 is 9.42 Å². The lowest BCUT2D eigenvalue weighted by molar-refractivity contribution is 0.0690. The van der Waals surface area contributed by atoms with E-state index >= 15 is 0 Å². The van der Waals surface area contributed by atoms with Crippen molar-refractivity contribution in [2.75, 3.05) is 6.54 Å². The lowest BCUT2D eigenvalue weighted by atomic mass is 9.97. The number of carbonyl (C=O) groups excluding carboxylic acids is 1. The quantitative estimate of drug-likeness (QED) is 0.661. The molecule has 1 amide bonds. The van der Waals surface area contributed by atoms with Crippen LogP contribution in [0.2, 0.25) is 0 Å². The maximum Gasteiger partial charge on any atom is 0.293 e. The van der Waals surface area contributed by atoms with E-state index in [-0.39, 0.29) is 23.6 Å². The van der Waals surface area contributed by atoms with Gasteiger partial charge in [-0.25, -0.2) is 9.97 Å². The number of nitrogens with zero attached hydrogens (tertiary/aromatic N) is 5. The summed E-state index contributed by atoms with van der Waals surface area (Å²) < 4.78 is 5.36. The Morgan fingerprint density at radius 2 is 2.07 bits per heavy atom. The Labute approximate surface area is 170 Å². The zero-order valence-electron chi connectivity index (χ0n) is 17.2. The van der Waals surface area contributed by atoms with Gasteiger partial charge in [0.25, 0.3) is 5.91 Å². The summed E-state index contributed by atoms with van der Waals surface area (Å²) in [5, 5.41) is 4.04. The molecule has 0 N–H and O–H groups in total. The fourth-order valence-corrected chi connectivity index (χ4v) is 3.82. The van der Waals surface area contributed by atoms with E-state index < -0.39 is 0 Å². The summed E-state index contributed by atoms with van der Waals surface area (Å²) >= 11 is 0. The summed E-state index contributed by atoms with van der Waals surface area (Å²) in [5.41, 5.74) is 4.70. The van der Waals surface area contributed by atoms with Gasteiger partial charge in [0, 0.05) is 36.8 Å². The summed E-state index contributed by atoms with van der Waals surface area (Å²) in [6.45, 7) is 8.61. The zero-order valence-corrected chi connectivity index (χ0v) is 17.2. The van der Waals surface area contributed by atoms with Crippen LogP contribution in [0, 0.1) is 13.8 Å². The molecule has 0 bridgehead atoms. The van der Waals surface area contributed by atoms with Crippen LogP contribution in [-0.2, 0) is 0 Å². The molecule has 1 aliphatic rings. The Balaban J connectivity index is 1.73. The number of carbonyl (C=O) groups is 1. The van der Waals surface area contributed by atoms with Crippen LogP contribution in [0.4, 0.5) is 0 Å². The van der Waals surface area contributed by atoms with Crippen LogP contribution in [0.25, 0.3) is 11.1 Å². The van der Waals surface area contributed by atoms with E-state index in [9.17, 15) is 4.79 Å². The van der Waals surface area contributed by atoms with E-state index in [0.717, 1.165) is 40.9 Å². The number of hydrogen-bond acceptors (Lipinski definition) is 6. The van der Waals surface area contributed by atoms with Gasteiger partial charge in [-0.1, -0.05) is 19.0 Å². The molecule has 0 aromatic carbocycles. The fraction of sp³-hybridized carbons (Fsp3) is 0.409. The van der Waals surface area contributed by atoms with Crippen LogP contribution < -0.4 is 0 Å². The number of hydrogen-bond donors (Lipinski definition) is 0. The van der Waals surface area contributed by atoms with Crippen molar-refractivity contribution in [3.63, 3.8) is 0 Å². The molecule has 150 valence electrons. The molecule has 1 saturated heterocycles. The number of likely N-dealkylation sites (tertiary alicyclic amines) is 1. The maximum atomic E-state index is 13.2. The molecular weight excluding hydrogens is 366 g/mol. The molecule has 3 aromatic rings. The highest BCUT2D eigenvalue weighted by Crippen LogP contribution is 2.38. The molecule has 7 nitrogen and oxygen atoms in total. The molecule has 4 rings (SSSR count). The Morgan fingerprint density at radius 3 is 2.79 bits per heavy atom. The molecule has 7 heteroatoms. The summed E-state index contributed by atoms with van der Waals surface area (Å²) in [6.07, 6.45) is 7.22. The Bertz CT molecular complexity index is 1040. The number of rotatable bonds is 4. The second kappa shape index (κ2) is 7.73. The van der Waals surface area contributed by atoms with Crippen LogP contribution >= 0.6 is 0 Å². The Kier molecular flexibility index (Phi) is 5.13. The van der Waals surface area contributed by atoms with E-state index in [1.54, 1.807) is 12.3 Å². The minimum atomic E-state index is -0.138. The number of amides is 1. The first-order valence-electron chi connectivity index (χ1n) is 9.97. The Hall–Kier alpha value is -3.09. The Morgan fingerprint density at radius 1 is 1.24 bits per heavy atom. The van der Waals surface area contributed by atoms with Crippen LogP contribution in [-0.4, -0.2) is 37.5 Å². The van der Waals surface area contributed by atoms with Crippen LogP contribution in [0.3, 0.4) is 0 Å². The zero-order chi connectivity index (χ0) is 20.5. The first kappa shape index (κ1) is 19.2. The van der Waals surface area contributed by atoms with E-state index in [0.29, 0.717) is 12.4 Å². The smallest absolute Gasteiger partial charge is 0.293 e. The molecule has 0 aliphatic carbocycles. The van der Waals surface area contributed by atoms with Crippen molar-refractivity contribution in [3.8, 4) is 11.1 Å². The van der Waals surface area contributed by atoms with Crippen molar-refractivity contribution < 1.29 is 9.32 Å². The van der Waals surface area contributed by atoms with Crippen molar-refractivity contribution in [2.45, 2.75) is 52.5 Å². The van der Waals surface area contributed by atoms with Gasteiger partial charge in [0.1, 0.15) is 5.82 Å². The van der Waals surface area contributed by atoms with E-state index in [4.69, 9.17) is 9.51 Å². The van der Waals surface area contributed by atoms with Crippen LogP contribution in [0.5, 0.6) is 0 Å². The van der Waals surface area contributed by atoms with Gasteiger partial charge in [-0.15, -0.1) is 0 Å². The van der Waals surface area contributed by atoms with Crippen LogP contribution in [0.15, 0.2) is 35.2 Å². The maximum absolute atomic E-state index is 13.2. The third kappa shape index (κ3) is 3.64. The molecule has 1 atom stereocenters. The van der Waals surface area contributed by atoms with Crippen molar-refractivity contribution in [3.05, 3.63) is 59.3 Å². The highest BCUT2D eigenvalue weighted by atomic mass is 16.5. The minimum Gasteiger partial charge on any atom is -0.351 e. The SMILES string of the molecule is Cc1ncc(-c2ccncc2C)c(C2CCCN2C(=O)c2cc(C(C)C)no2)n1. The van der Waals surface area contributed by atoms with Crippen LogP contribution in [0.1, 0.15) is 72.0 Å². The third-order valence-electron chi connectivity index (χ3n) is 5.41. The van der Waals surface area contributed by atoms with Crippen molar-refractivity contribution in [2.24, 2.45) is 0 Å². The number of aromatic nitrogens is 4. The average molecular weight is 391 g/mol. The molecular formula is C22H25N5O2. The summed E-state index contributed by atoms with van der Waals surface area (Å²) in [5.74, 6) is 1.05. The van der Waals surface area contributed by atoms with Gasteiger partial charge in [-0.05, 0) is 49.8 Å². The highest BCUT2D eigenvalue weighted by Gasteiger charge is 2.35. The average Bonchev–Trinajstić information content (AvgIpc) is 3.38. The summed E-state index contributed by atoms with van der Waals surface area (Å²) in [4.78, 5) is 28.4. The normalized spacial score (nSPS) is 16.6. The van der Waals surface area contributed by atoms with Gasteiger partial charge in [0.2, 0.25) is 5.76 Å². The summed E-state index contributed by atoms with van der Waals surface area (Å²) in [7, 11) is 0. The van der Waals surface area contributed by atoms with Crippen molar-refractivity contribution in [1.29, 1.82) is 0 Å². The standard InChI is InChI=1S/C22H25N5O2/c1-13(2)18-10-20(29-26-18)22(28)27-9-5-6-19(27)21-17(12-24-15(4)25-21)16-7-8-23-11-14(16)3/h7-8,10-13,19H,5-6,9H2,1-4H3. The van der Waals surface area contributed by atoms with Gasteiger partial charge in [-0.3, -0.25) is 9.78 Å². The molecule has 0 saturated carbocycles. The van der Waals surface area contributed by atoms with Gasteiger partial charge >= 0.3 is 0 Å². The lowest BCUT2D eigenvalue weighted by Gasteiger charge is -2.25. The first-order valence-corrected chi connectivity index (χ1v) is 9.97.